The number of phenols is 1. The number of carbonyl (C=O) groups excluding carboxylic acids is 2. The second kappa shape index (κ2) is 7.68. The molecule has 4 rings (SSSR count). The smallest absolute Gasteiger partial charge is 0.300 e. The Labute approximate surface area is 178 Å². The van der Waals surface area contributed by atoms with Crippen molar-refractivity contribution >= 4 is 23.1 Å². The number of aliphatic hydroxyl groups is 1. The number of hydrogen-bond donors (Lipinski definition) is 2. The molecule has 7 heteroatoms. The van der Waals surface area contributed by atoms with Gasteiger partial charge in [0.2, 0.25) is 0 Å². The van der Waals surface area contributed by atoms with Crippen LogP contribution in [-0.4, -0.2) is 29.0 Å². The lowest BCUT2D eigenvalue weighted by Gasteiger charge is -2.24. The molecule has 1 fully saturated rings. The summed E-state index contributed by atoms with van der Waals surface area (Å²) in [5.74, 6) is -0.907. The molecule has 1 aliphatic rings. The number of anilines is 1. The quantitative estimate of drug-likeness (QED) is 0.373. The number of aliphatic hydroxyl groups excluding tert-OH is 1. The number of phenolic OH excluding ortho intramolecular Hbond substituents is 1. The van der Waals surface area contributed by atoms with E-state index in [2.05, 4.69) is 0 Å². The summed E-state index contributed by atoms with van der Waals surface area (Å²) in [5, 5.41) is 21.5. The highest BCUT2D eigenvalue weighted by Gasteiger charge is 2.49. The van der Waals surface area contributed by atoms with Crippen molar-refractivity contribution in [1.29, 1.82) is 0 Å². The molecule has 158 valence electrons. The summed E-state index contributed by atoms with van der Waals surface area (Å²) in [5.41, 5.74) is 1.13. The number of methoxy groups -OCH3 is 1. The van der Waals surface area contributed by atoms with Crippen LogP contribution in [0.1, 0.15) is 28.7 Å². The fourth-order valence-electron chi connectivity index (χ4n) is 3.70. The lowest BCUT2D eigenvalue weighted by molar-refractivity contribution is -0.132. The van der Waals surface area contributed by atoms with Gasteiger partial charge in [-0.25, -0.2) is 0 Å². The Kier molecular flexibility index (Phi) is 5.02. The molecule has 1 saturated heterocycles. The number of Topliss-reactive ketones (excluding diaryl/α,β-unsaturated/α-hetero) is 1. The first-order valence-electron chi connectivity index (χ1n) is 9.63. The van der Waals surface area contributed by atoms with Crippen LogP contribution >= 0.6 is 0 Å². The predicted molar refractivity (Wildman–Crippen MR) is 114 cm³/mol. The Hall–Kier alpha value is -4.00. The molecule has 1 aliphatic heterocycles. The molecule has 0 aliphatic carbocycles. The van der Waals surface area contributed by atoms with Crippen LogP contribution in [0.15, 0.2) is 64.6 Å². The van der Waals surface area contributed by atoms with E-state index in [4.69, 9.17) is 9.15 Å². The Morgan fingerprint density at radius 1 is 1.06 bits per heavy atom. The highest BCUT2D eigenvalue weighted by Crippen LogP contribution is 2.45. The molecule has 2 heterocycles. The minimum absolute atomic E-state index is 0.131. The van der Waals surface area contributed by atoms with Gasteiger partial charge in [0, 0.05) is 5.56 Å². The number of ketones is 1. The summed E-state index contributed by atoms with van der Waals surface area (Å²) in [4.78, 5) is 27.3. The molecular weight excluding hydrogens is 398 g/mol. The Morgan fingerprint density at radius 2 is 1.84 bits per heavy atom. The maximum absolute atomic E-state index is 13.1. The van der Waals surface area contributed by atoms with Crippen LogP contribution in [0.2, 0.25) is 0 Å². The van der Waals surface area contributed by atoms with E-state index in [9.17, 15) is 19.8 Å². The minimum atomic E-state index is -1.05. The number of benzene rings is 2. The zero-order valence-electron chi connectivity index (χ0n) is 17.2. The van der Waals surface area contributed by atoms with Gasteiger partial charge in [0.1, 0.15) is 34.8 Å². The van der Waals surface area contributed by atoms with Crippen LogP contribution in [0.3, 0.4) is 0 Å². The van der Waals surface area contributed by atoms with E-state index in [-0.39, 0.29) is 22.8 Å². The highest BCUT2D eigenvalue weighted by molar-refractivity contribution is 6.51. The van der Waals surface area contributed by atoms with Crippen molar-refractivity contribution < 1.29 is 29.0 Å². The molecule has 7 nitrogen and oxygen atoms in total. The van der Waals surface area contributed by atoms with E-state index < -0.39 is 17.7 Å². The van der Waals surface area contributed by atoms with Gasteiger partial charge in [-0.3, -0.25) is 14.5 Å². The normalized spacial score (nSPS) is 17.9. The zero-order valence-corrected chi connectivity index (χ0v) is 17.2. The number of amides is 1. The van der Waals surface area contributed by atoms with Gasteiger partial charge >= 0.3 is 0 Å². The summed E-state index contributed by atoms with van der Waals surface area (Å²) in [6.07, 6.45) is 0. The van der Waals surface area contributed by atoms with Crippen molar-refractivity contribution in [3.63, 3.8) is 0 Å². The number of hydrogen-bond acceptors (Lipinski definition) is 6. The number of furan rings is 1. The first-order valence-corrected chi connectivity index (χ1v) is 9.63. The fourth-order valence-corrected chi connectivity index (χ4v) is 3.70. The predicted octanol–water partition coefficient (Wildman–Crippen LogP) is 4.24. The zero-order chi connectivity index (χ0) is 22.3. The van der Waals surface area contributed by atoms with Crippen LogP contribution < -0.4 is 9.64 Å². The number of nitrogens with zero attached hydrogens (tertiary/aromatic N) is 1. The van der Waals surface area contributed by atoms with Crippen LogP contribution in [0.25, 0.3) is 5.76 Å². The maximum Gasteiger partial charge on any atom is 0.300 e. The van der Waals surface area contributed by atoms with Crippen LogP contribution in [0.5, 0.6) is 11.5 Å². The van der Waals surface area contributed by atoms with Gasteiger partial charge in [-0.05, 0) is 55.8 Å². The monoisotopic (exact) mass is 419 g/mol. The lowest BCUT2D eigenvalue weighted by atomic mass is 9.99. The Bertz CT molecular complexity index is 1220. The summed E-state index contributed by atoms with van der Waals surface area (Å²) in [6.45, 7) is 3.55. The Morgan fingerprint density at radius 3 is 2.52 bits per heavy atom. The van der Waals surface area contributed by atoms with Crippen molar-refractivity contribution in [2.45, 2.75) is 19.9 Å². The van der Waals surface area contributed by atoms with E-state index in [0.29, 0.717) is 22.8 Å². The summed E-state index contributed by atoms with van der Waals surface area (Å²) in [6, 6.07) is 13.6. The second-order valence-electron chi connectivity index (χ2n) is 7.34. The molecule has 0 spiro atoms. The first-order chi connectivity index (χ1) is 14.8. The molecular formula is C24H21NO6. The minimum Gasteiger partial charge on any atom is -0.507 e. The SMILES string of the molecule is COc1cccc(/C(O)=C2/C(=O)C(=O)N(c3cc(C)ccc3O)C2c2ccc(C)o2)c1. The molecule has 2 N–H and O–H groups in total. The van der Waals surface area contributed by atoms with E-state index in [1.165, 1.54) is 13.2 Å². The number of carbonyl (C=O) groups is 2. The summed E-state index contributed by atoms with van der Waals surface area (Å²) >= 11 is 0. The third kappa shape index (κ3) is 3.44. The van der Waals surface area contributed by atoms with Gasteiger partial charge in [0.15, 0.2) is 0 Å². The molecule has 31 heavy (non-hydrogen) atoms. The van der Waals surface area contributed by atoms with Gasteiger partial charge in [-0.1, -0.05) is 18.2 Å². The van der Waals surface area contributed by atoms with Crippen molar-refractivity contribution in [2.24, 2.45) is 0 Å². The topological polar surface area (TPSA) is 100 Å². The van der Waals surface area contributed by atoms with E-state index in [1.54, 1.807) is 55.5 Å². The van der Waals surface area contributed by atoms with Crippen molar-refractivity contribution in [1.82, 2.24) is 0 Å². The van der Waals surface area contributed by atoms with Crippen molar-refractivity contribution in [3.8, 4) is 11.5 Å². The lowest BCUT2D eigenvalue weighted by Crippen LogP contribution is -2.29. The van der Waals surface area contributed by atoms with Gasteiger partial charge in [-0.2, -0.15) is 0 Å². The molecule has 1 atom stereocenters. The van der Waals surface area contributed by atoms with E-state index in [1.807, 2.05) is 6.92 Å². The average Bonchev–Trinajstić information content (AvgIpc) is 3.30. The number of aryl methyl sites for hydroxylation is 2. The van der Waals surface area contributed by atoms with Crippen molar-refractivity contribution in [2.75, 3.05) is 12.0 Å². The van der Waals surface area contributed by atoms with E-state index >= 15 is 0 Å². The molecule has 1 aromatic heterocycles. The van der Waals surface area contributed by atoms with Crippen LogP contribution in [0.4, 0.5) is 5.69 Å². The third-order valence-corrected chi connectivity index (χ3v) is 5.21. The average molecular weight is 419 g/mol. The molecule has 1 unspecified atom stereocenters. The van der Waals surface area contributed by atoms with Crippen LogP contribution in [0, 0.1) is 13.8 Å². The Balaban J connectivity index is 1.97. The maximum atomic E-state index is 13.1. The number of aromatic hydroxyl groups is 1. The third-order valence-electron chi connectivity index (χ3n) is 5.21. The number of ether oxygens (including phenoxy) is 1. The van der Waals surface area contributed by atoms with E-state index in [0.717, 1.165) is 10.5 Å². The van der Waals surface area contributed by atoms with Gasteiger partial charge in [0.25, 0.3) is 11.7 Å². The molecule has 1 amide bonds. The second-order valence-corrected chi connectivity index (χ2v) is 7.34. The molecule has 0 saturated carbocycles. The first kappa shape index (κ1) is 20.3. The largest absolute Gasteiger partial charge is 0.507 e. The molecule has 2 aromatic carbocycles. The van der Waals surface area contributed by atoms with Crippen LogP contribution in [-0.2, 0) is 9.59 Å². The molecule has 0 radical (unpaired) electrons. The van der Waals surface area contributed by atoms with Crippen molar-refractivity contribution in [3.05, 3.63) is 82.8 Å². The fraction of sp³-hybridized carbons (Fsp3) is 0.167. The summed E-state index contributed by atoms with van der Waals surface area (Å²) in [7, 11) is 1.49. The molecule has 3 aromatic rings. The highest BCUT2D eigenvalue weighted by atomic mass is 16.5. The standard InChI is InChI=1S/C24H21NO6/c1-13-7-9-18(26)17(11-13)25-21(19-10-8-14(2)31-19)20(23(28)24(25)29)22(27)15-5-4-6-16(12-15)30-3/h4-12,21,26-27H,1-3H3/b22-20-. The van der Waals surface area contributed by atoms with Gasteiger partial charge in [0.05, 0.1) is 18.4 Å². The summed E-state index contributed by atoms with van der Waals surface area (Å²) < 4.78 is 11.0. The number of rotatable bonds is 4. The molecule has 0 bridgehead atoms. The van der Waals surface area contributed by atoms with Gasteiger partial charge in [-0.15, -0.1) is 0 Å². The van der Waals surface area contributed by atoms with Gasteiger partial charge < -0.3 is 19.4 Å².